The highest BCUT2D eigenvalue weighted by atomic mass is 16.4. The number of aryl methyl sites for hydroxylation is 1. The van der Waals surface area contributed by atoms with Gasteiger partial charge < -0.3 is 10.1 Å². The molecule has 1 atom stereocenters. The molecule has 0 aliphatic carbocycles. The first-order chi connectivity index (χ1) is 10.0. The number of aromatic nitrogens is 2. The molecule has 2 aromatic rings. The first kappa shape index (κ1) is 14.8. The number of hydrogen-bond acceptors (Lipinski definition) is 4. The largest absolute Gasteiger partial charge is 0.480 e. The van der Waals surface area contributed by atoms with E-state index < -0.39 is 12.0 Å². The highest BCUT2D eigenvalue weighted by Crippen LogP contribution is 2.21. The Morgan fingerprint density at radius 2 is 2.14 bits per heavy atom. The standard InChI is InChI=1S/C15H16N4O2/c1-10-8-17-13(18-10)9-19(2)14(15(20)21)12-5-3-11(7-16)4-6-12/h3-6,8,14H,9H2,1-2H3,(H,17,18)(H,20,21)/t14-/m1/s1. The average Bonchev–Trinajstić information content (AvgIpc) is 2.84. The maximum atomic E-state index is 11.6. The van der Waals surface area contributed by atoms with Crippen LogP contribution in [0, 0.1) is 18.3 Å². The number of carbonyl (C=O) groups is 1. The number of H-pyrrole nitrogens is 1. The smallest absolute Gasteiger partial charge is 0.325 e. The van der Waals surface area contributed by atoms with Gasteiger partial charge >= 0.3 is 5.97 Å². The molecule has 1 aromatic heterocycles. The van der Waals surface area contributed by atoms with Crippen molar-refractivity contribution in [1.29, 1.82) is 5.26 Å². The summed E-state index contributed by atoms with van der Waals surface area (Å²) in [6.07, 6.45) is 1.71. The second kappa shape index (κ2) is 6.20. The van der Waals surface area contributed by atoms with Crippen molar-refractivity contribution in [2.45, 2.75) is 19.5 Å². The minimum atomic E-state index is -0.939. The van der Waals surface area contributed by atoms with Crippen molar-refractivity contribution in [3.63, 3.8) is 0 Å². The number of nitrogens with one attached hydrogen (secondary N) is 1. The molecule has 0 amide bonds. The molecule has 0 bridgehead atoms. The van der Waals surface area contributed by atoms with Crippen molar-refractivity contribution < 1.29 is 9.90 Å². The van der Waals surface area contributed by atoms with Crippen LogP contribution < -0.4 is 0 Å². The lowest BCUT2D eigenvalue weighted by Gasteiger charge is -2.24. The lowest BCUT2D eigenvalue weighted by atomic mass is 10.0. The number of imidazole rings is 1. The summed E-state index contributed by atoms with van der Waals surface area (Å²) in [6, 6.07) is 7.81. The summed E-state index contributed by atoms with van der Waals surface area (Å²) in [5.41, 5.74) is 2.07. The lowest BCUT2D eigenvalue weighted by Crippen LogP contribution is -2.30. The molecule has 0 aliphatic heterocycles. The average molecular weight is 284 g/mol. The minimum Gasteiger partial charge on any atom is -0.480 e. The number of likely N-dealkylation sites (N-methyl/N-ethyl adjacent to an activating group) is 1. The number of benzene rings is 1. The molecule has 0 spiro atoms. The summed E-state index contributed by atoms with van der Waals surface area (Å²) in [4.78, 5) is 20.5. The monoisotopic (exact) mass is 284 g/mol. The molecule has 108 valence electrons. The van der Waals surface area contributed by atoms with Crippen molar-refractivity contribution >= 4 is 5.97 Å². The molecule has 6 nitrogen and oxygen atoms in total. The first-order valence-electron chi connectivity index (χ1n) is 6.45. The van der Waals surface area contributed by atoms with Crippen LogP contribution in [0.1, 0.15) is 28.7 Å². The van der Waals surface area contributed by atoms with E-state index in [1.807, 2.05) is 13.0 Å². The van der Waals surface area contributed by atoms with Gasteiger partial charge in [0.2, 0.25) is 0 Å². The van der Waals surface area contributed by atoms with Gasteiger partial charge in [-0.1, -0.05) is 12.1 Å². The van der Waals surface area contributed by atoms with Crippen molar-refractivity contribution in [2.24, 2.45) is 0 Å². The van der Waals surface area contributed by atoms with E-state index in [1.54, 1.807) is 42.4 Å². The van der Waals surface area contributed by atoms with Crippen LogP contribution in [0.2, 0.25) is 0 Å². The van der Waals surface area contributed by atoms with Gasteiger partial charge in [-0.15, -0.1) is 0 Å². The molecule has 6 heteroatoms. The van der Waals surface area contributed by atoms with Crippen molar-refractivity contribution in [3.05, 3.63) is 53.1 Å². The van der Waals surface area contributed by atoms with Crippen LogP contribution in [-0.2, 0) is 11.3 Å². The van der Waals surface area contributed by atoms with Crippen LogP contribution in [0.25, 0.3) is 0 Å². The lowest BCUT2D eigenvalue weighted by molar-refractivity contribution is -0.143. The molecular formula is C15H16N4O2. The van der Waals surface area contributed by atoms with Gasteiger partial charge in [0.1, 0.15) is 11.9 Å². The van der Waals surface area contributed by atoms with E-state index in [-0.39, 0.29) is 0 Å². The van der Waals surface area contributed by atoms with Crippen LogP contribution in [0.4, 0.5) is 0 Å². The molecule has 2 rings (SSSR count). The zero-order valence-electron chi connectivity index (χ0n) is 11.9. The Kier molecular flexibility index (Phi) is 4.36. The third kappa shape index (κ3) is 3.46. The third-order valence-corrected chi connectivity index (χ3v) is 3.18. The Labute approximate surface area is 122 Å². The van der Waals surface area contributed by atoms with Crippen LogP contribution in [-0.4, -0.2) is 33.0 Å². The van der Waals surface area contributed by atoms with Crippen LogP contribution in [0.5, 0.6) is 0 Å². The van der Waals surface area contributed by atoms with Crippen LogP contribution in [0.3, 0.4) is 0 Å². The molecule has 21 heavy (non-hydrogen) atoms. The van der Waals surface area contributed by atoms with Gasteiger partial charge in [0, 0.05) is 11.9 Å². The summed E-state index contributed by atoms with van der Waals surface area (Å²) >= 11 is 0. The fourth-order valence-corrected chi connectivity index (χ4v) is 2.20. The number of carboxylic acid groups (broad SMARTS) is 1. The predicted octanol–water partition coefficient (Wildman–Crippen LogP) is 1.85. The van der Waals surface area contributed by atoms with E-state index >= 15 is 0 Å². The fourth-order valence-electron chi connectivity index (χ4n) is 2.20. The molecule has 0 radical (unpaired) electrons. The third-order valence-electron chi connectivity index (χ3n) is 3.18. The summed E-state index contributed by atoms with van der Waals surface area (Å²) in [7, 11) is 1.73. The molecule has 0 unspecified atom stereocenters. The summed E-state index contributed by atoms with van der Waals surface area (Å²) in [6.45, 7) is 2.29. The number of hydrogen-bond donors (Lipinski definition) is 2. The van der Waals surface area contributed by atoms with E-state index in [1.165, 1.54) is 0 Å². The molecule has 0 saturated carbocycles. The predicted molar refractivity (Wildman–Crippen MR) is 76.3 cm³/mol. The van der Waals surface area contributed by atoms with Gasteiger partial charge in [0.25, 0.3) is 0 Å². The van der Waals surface area contributed by atoms with Crippen LogP contribution >= 0.6 is 0 Å². The quantitative estimate of drug-likeness (QED) is 0.874. The maximum absolute atomic E-state index is 11.6. The minimum absolute atomic E-state index is 0.394. The number of rotatable bonds is 5. The highest BCUT2D eigenvalue weighted by Gasteiger charge is 2.25. The number of carboxylic acids is 1. The molecule has 1 aromatic carbocycles. The van der Waals surface area contributed by atoms with Gasteiger partial charge in [0.05, 0.1) is 18.2 Å². The number of nitriles is 1. The van der Waals surface area contributed by atoms with Crippen molar-refractivity contribution in [3.8, 4) is 6.07 Å². The van der Waals surface area contributed by atoms with Gasteiger partial charge in [-0.3, -0.25) is 9.69 Å². The Bertz CT molecular complexity index is 670. The Hall–Kier alpha value is -2.65. The van der Waals surface area contributed by atoms with E-state index in [4.69, 9.17) is 5.26 Å². The van der Waals surface area contributed by atoms with Crippen molar-refractivity contribution in [1.82, 2.24) is 14.9 Å². The summed E-state index contributed by atoms with van der Waals surface area (Å²) in [5.74, 6) is -0.222. The Morgan fingerprint density at radius 1 is 1.48 bits per heavy atom. The fraction of sp³-hybridized carbons (Fsp3) is 0.267. The van der Waals surface area contributed by atoms with E-state index in [0.717, 1.165) is 11.5 Å². The Morgan fingerprint density at radius 3 is 2.62 bits per heavy atom. The van der Waals surface area contributed by atoms with Gasteiger partial charge in [-0.2, -0.15) is 5.26 Å². The van der Waals surface area contributed by atoms with Crippen LogP contribution in [0.15, 0.2) is 30.5 Å². The van der Waals surface area contributed by atoms with Crippen molar-refractivity contribution in [2.75, 3.05) is 7.05 Å². The number of nitrogens with zero attached hydrogens (tertiary/aromatic N) is 3. The zero-order chi connectivity index (χ0) is 15.4. The molecule has 0 fully saturated rings. The Balaban J connectivity index is 2.21. The SMILES string of the molecule is Cc1cnc(CN(C)[C@@H](C(=O)O)c2ccc(C#N)cc2)[nH]1. The molecule has 1 heterocycles. The second-order valence-corrected chi connectivity index (χ2v) is 4.90. The van der Waals surface area contributed by atoms with E-state index in [9.17, 15) is 9.90 Å². The van der Waals surface area contributed by atoms with Gasteiger partial charge in [-0.05, 0) is 31.7 Å². The summed E-state index contributed by atoms with van der Waals surface area (Å²) < 4.78 is 0. The van der Waals surface area contributed by atoms with E-state index in [2.05, 4.69) is 9.97 Å². The molecule has 0 saturated heterocycles. The van der Waals surface area contributed by atoms with Gasteiger partial charge in [-0.25, -0.2) is 4.98 Å². The molecule has 2 N–H and O–H groups in total. The molecule has 0 aliphatic rings. The number of aliphatic carboxylic acids is 1. The maximum Gasteiger partial charge on any atom is 0.325 e. The first-order valence-corrected chi connectivity index (χ1v) is 6.45. The number of aromatic amines is 1. The normalized spacial score (nSPS) is 12.1. The zero-order valence-corrected chi connectivity index (χ0v) is 11.9. The molecular weight excluding hydrogens is 268 g/mol. The van der Waals surface area contributed by atoms with Gasteiger partial charge in [0.15, 0.2) is 0 Å². The highest BCUT2D eigenvalue weighted by molar-refractivity contribution is 5.75. The topological polar surface area (TPSA) is 93.0 Å². The van der Waals surface area contributed by atoms with E-state index in [0.29, 0.717) is 17.7 Å². The second-order valence-electron chi connectivity index (χ2n) is 4.90. The summed E-state index contributed by atoms with van der Waals surface area (Å²) in [5, 5.41) is 18.3.